The Hall–Kier alpha value is -1.35. The van der Waals surface area contributed by atoms with Gasteiger partial charge in [-0.05, 0) is 31.2 Å². The molecular weight excluding hydrogens is 226 g/mol. The molecule has 0 heterocycles. The van der Waals surface area contributed by atoms with Crippen molar-refractivity contribution in [2.75, 3.05) is 6.54 Å². The first-order valence-corrected chi connectivity index (χ1v) is 6.38. The predicted octanol–water partition coefficient (Wildman–Crippen LogP) is 2.61. The first-order valence-electron chi connectivity index (χ1n) is 6.38. The first kappa shape index (κ1) is 14.7. The second-order valence-corrected chi connectivity index (χ2v) is 5.55. The molecule has 1 aromatic carbocycles. The molecule has 0 saturated carbocycles. The van der Waals surface area contributed by atoms with Crippen molar-refractivity contribution in [2.45, 2.75) is 33.6 Å². The Morgan fingerprint density at radius 2 is 2.11 bits per heavy atom. The molecule has 3 nitrogen and oxygen atoms in total. The molecule has 1 aromatic rings. The van der Waals surface area contributed by atoms with Crippen molar-refractivity contribution < 1.29 is 9.90 Å². The van der Waals surface area contributed by atoms with E-state index >= 15 is 0 Å². The second kappa shape index (κ2) is 6.01. The van der Waals surface area contributed by atoms with Gasteiger partial charge in [-0.2, -0.15) is 0 Å². The van der Waals surface area contributed by atoms with Gasteiger partial charge in [0.25, 0.3) is 0 Å². The van der Waals surface area contributed by atoms with Crippen molar-refractivity contribution in [2.24, 2.45) is 17.1 Å². The van der Waals surface area contributed by atoms with E-state index in [4.69, 9.17) is 5.73 Å². The van der Waals surface area contributed by atoms with Gasteiger partial charge < -0.3 is 10.8 Å². The molecule has 0 radical (unpaired) electrons. The molecule has 3 N–H and O–H groups in total. The fourth-order valence-electron chi connectivity index (χ4n) is 2.47. The lowest BCUT2D eigenvalue weighted by molar-refractivity contribution is -0.149. The summed E-state index contributed by atoms with van der Waals surface area (Å²) in [4.78, 5) is 11.6. The molecule has 1 rings (SSSR count). The minimum Gasteiger partial charge on any atom is -0.481 e. The Labute approximate surface area is 109 Å². The molecule has 0 aliphatic carbocycles. The Morgan fingerprint density at radius 1 is 1.44 bits per heavy atom. The predicted molar refractivity (Wildman–Crippen MR) is 73.5 cm³/mol. The van der Waals surface area contributed by atoms with E-state index in [1.165, 1.54) is 0 Å². The molecule has 0 aliphatic heterocycles. The van der Waals surface area contributed by atoms with Gasteiger partial charge in [-0.25, -0.2) is 0 Å². The lowest BCUT2D eigenvalue weighted by atomic mass is 9.75. The highest BCUT2D eigenvalue weighted by Crippen LogP contribution is 2.30. The van der Waals surface area contributed by atoms with Crippen LogP contribution in [0.4, 0.5) is 0 Å². The molecule has 0 spiro atoms. The lowest BCUT2D eigenvalue weighted by Gasteiger charge is -2.30. The third-order valence-corrected chi connectivity index (χ3v) is 3.27. The fraction of sp³-hybridized carbons (Fsp3) is 0.533. The van der Waals surface area contributed by atoms with Crippen molar-refractivity contribution in [3.8, 4) is 0 Å². The monoisotopic (exact) mass is 249 g/mol. The first-order chi connectivity index (χ1) is 8.39. The van der Waals surface area contributed by atoms with Gasteiger partial charge in [-0.15, -0.1) is 0 Å². The lowest BCUT2D eigenvalue weighted by Crippen LogP contribution is -2.41. The Bertz CT molecular complexity index is 415. The van der Waals surface area contributed by atoms with E-state index in [0.29, 0.717) is 18.8 Å². The van der Waals surface area contributed by atoms with Crippen LogP contribution in [0.3, 0.4) is 0 Å². The van der Waals surface area contributed by atoms with E-state index in [1.807, 2.05) is 45.0 Å². The number of carboxylic acid groups (broad SMARTS) is 1. The van der Waals surface area contributed by atoms with Gasteiger partial charge in [-0.1, -0.05) is 43.7 Å². The van der Waals surface area contributed by atoms with Crippen molar-refractivity contribution in [3.63, 3.8) is 0 Å². The van der Waals surface area contributed by atoms with E-state index in [-0.39, 0.29) is 6.54 Å². The minimum absolute atomic E-state index is 0.175. The van der Waals surface area contributed by atoms with Gasteiger partial charge in [0, 0.05) is 6.54 Å². The van der Waals surface area contributed by atoms with Crippen molar-refractivity contribution in [1.29, 1.82) is 0 Å². The second-order valence-electron chi connectivity index (χ2n) is 5.55. The number of aryl methyl sites for hydroxylation is 1. The van der Waals surface area contributed by atoms with Crippen LogP contribution in [0.15, 0.2) is 24.3 Å². The van der Waals surface area contributed by atoms with Gasteiger partial charge in [-0.3, -0.25) is 4.79 Å². The van der Waals surface area contributed by atoms with E-state index < -0.39 is 11.4 Å². The molecule has 18 heavy (non-hydrogen) atoms. The number of benzene rings is 1. The molecular formula is C15H23NO2. The molecule has 0 fully saturated rings. The largest absolute Gasteiger partial charge is 0.481 e. The quantitative estimate of drug-likeness (QED) is 0.814. The molecule has 3 heteroatoms. The van der Waals surface area contributed by atoms with Gasteiger partial charge in [0.1, 0.15) is 0 Å². The van der Waals surface area contributed by atoms with Crippen LogP contribution in [-0.2, 0) is 11.2 Å². The summed E-state index contributed by atoms with van der Waals surface area (Å²) in [6, 6.07) is 7.98. The molecule has 0 aromatic heterocycles. The normalized spacial score (nSPS) is 14.5. The third-order valence-electron chi connectivity index (χ3n) is 3.27. The van der Waals surface area contributed by atoms with Crippen LogP contribution in [0, 0.1) is 18.3 Å². The Kier molecular flexibility index (Phi) is 4.91. The maximum absolute atomic E-state index is 11.6. The highest BCUT2D eigenvalue weighted by molar-refractivity contribution is 5.75. The van der Waals surface area contributed by atoms with E-state index in [0.717, 1.165) is 11.1 Å². The highest BCUT2D eigenvalue weighted by atomic mass is 16.4. The fourth-order valence-corrected chi connectivity index (χ4v) is 2.47. The average molecular weight is 249 g/mol. The molecule has 0 bridgehead atoms. The van der Waals surface area contributed by atoms with E-state index in [9.17, 15) is 9.90 Å². The molecule has 100 valence electrons. The van der Waals surface area contributed by atoms with Gasteiger partial charge >= 0.3 is 5.97 Å². The number of carboxylic acids is 1. The molecule has 0 aliphatic rings. The van der Waals surface area contributed by atoms with Gasteiger partial charge in [0.15, 0.2) is 0 Å². The van der Waals surface area contributed by atoms with Crippen LogP contribution in [0.1, 0.15) is 31.4 Å². The Morgan fingerprint density at radius 3 is 2.56 bits per heavy atom. The summed E-state index contributed by atoms with van der Waals surface area (Å²) in [7, 11) is 0. The zero-order chi connectivity index (χ0) is 13.8. The topological polar surface area (TPSA) is 63.3 Å². The maximum Gasteiger partial charge on any atom is 0.311 e. The van der Waals surface area contributed by atoms with Crippen LogP contribution in [0.25, 0.3) is 0 Å². The van der Waals surface area contributed by atoms with Crippen LogP contribution in [0.2, 0.25) is 0 Å². The summed E-state index contributed by atoms with van der Waals surface area (Å²) >= 11 is 0. The maximum atomic E-state index is 11.6. The van der Waals surface area contributed by atoms with Crippen molar-refractivity contribution in [3.05, 3.63) is 35.4 Å². The number of rotatable bonds is 6. The molecule has 0 amide bonds. The summed E-state index contributed by atoms with van der Waals surface area (Å²) in [6.45, 7) is 6.25. The zero-order valence-corrected chi connectivity index (χ0v) is 11.4. The minimum atomic E-state index is -0.845. The number of carbonyl (C=O) groups is 1. The number of aliphatic carboxylic acids is 1. The zero-order valence-electron chi connectivity index (χ0n) is 11.4. The number of hydrogen-bond acceptors (Lipinski definition) is 2. The van der Waals surface area contributed by atoms with Crippen molar-refractivity contribution >= 4 is 5.97 Å². The molecule has 1 atom stereocenters. The van der Waals surface area contributed by atoms with Gasteiger partial charge in [0.2, 0.25) is 0 Å². The summed E-state index contributed by atoms with van der Waals surface area (Å²) < 4.78 is 0. The van der Waals surface area contributed by atoms with E-state index in [1.54, 1.807) is 0 Å². The summed E-state index contributed by atoms with van der Waals surface area (Å²) in [5.41, 5.74) is 7.11. The smallest absolute Gasteiger partial charge is 0.311 e. The Balaban J connectivity index is 3.00. The highest BCUT2D eigenvalue weighted by Gasteiger charge is 2.37. The summed E-state index contributed by atoms with van der Waals surface area (Å²) in [6.07, 6.45) is 1.10. The van der Waals surface area contributed by atoms with Crippen molar-refractivity contribution in [1.82, 2.24) is 0 Å². The molecule has 0 saturated heterocycles. The summed E-state index contributed by atoms with van der Waals surface area (Å²) in [5, 5.41) is 9.52. The standard InChI is InChI=1S/C15H23NO2/c1-11(2)8-15(10-16,14(17)18)9-13-6-4-5-12(3)7-13/h4-7,11H,8-10,16H2,1-3H3,(H,17,18). The average Bonchev–Trinajstić information content (AvgIpc) is 2.27. The third kappa shape index (κ3) is 3.57. The van der Waals surface area contributed by atoms with Crippen LogP contribution < -0.4 is 5.73 Å². The number of hydrogen-bond donors (Lipinski definition) is 2. The van der Waals surface area contributed by atoms with Crippen LogP contribution in [-0.4, -0.2) is 17.6 Å². The SMILES string of the molecule is Cc1cccc(CC(CN)(CC(C)C)C(=O)O)c1. The van der Waals surface area contributed by atoms with Crippen LogP contribution in [0.5, 0.6) is 0 Å². The van der Waals surface area contributed by atoms with Gasteiger partial charge in [0.05, 0.1) is 5.41 Å². The number of nitrogens with two attached hydrogens (primary N) is 1. The van der Waals surface area contributed by atoms with Crippen LogP contribution >= 0.6 is 0 Å². The summed E-state index contributed by atoms with van der Waals surface area (Å²) in [5.74, 6) is -0.477. The molecule has 1 unspecified atom stereocenters. The van der Waals surface area contributed by atoms with E-state index in [2.05, 4.69) is 0 Å².